The molecule has 1 aromatic rings. The Hall–Kier alpha value is -1.55. The number of hydrogen-bond acceptors (Lipinski definition) is 3. The fourth-order valence-corrected chi connectivity index (χ4v) is 1.53. The molecule has 0 saturated carbocycles. The molecule has 4 heteroatoms. The summed E-state index contributed by atoms with van der Waals surface area (Å²) < 4.78 is 0. The molecule has 1 aromatic carbocycles. The van der Waals surface area contributed by atoms with Crippen molar-refractivity contribution >= 4 is 34.4 Å². The summed E-state index contributed by atoms with van der Waals surface area (Å²) in [4.78, 5) is 11.6. The van der Waals surface area contributed by atoms with Crippen LogP contribution in [0.2, 0.25) is 0 Å². The quantitative estimate of drug-likeness (QED) is 0.654. The van der Waals surface area contributed by atoms with Gasteiger partial charge in [-0.1, -0.05) is 30.4 Å². The lowest BCUT2D eigenvalue weighted by molar-refractivity contribution is -0.107. The van der Waals surface area contributed by atoms with Crippen LogP contribution in [0, 0.1) is 0 Å². The van der Waals surface area contributed by atoms with E-state index < -0.39 is 0 Å². The second kappa shape index (κ2) is 3.31. The average Bonchev–Trinajstić information content (AvgIpc) is 2.47. The Morgan fingerprint density at radius 3 is 2.43 bits per heavy atom. The molecule has 0 bridgehead atoms. The molecule has 70 valence electrons. The summed E-state index contributed by atoms with van der Waals surface area (Å²) in [6, 6.07) is 9.39. The molecule has 1 aliphatic heterocycles. The van der Waals surface area contributed by atoms with Gasteiger partial charge in [-0.2, -0.15) is 5.10 Å². The van der Waals surface area contributed by atoms with Gasteiger partial charge in [-0.3, -0.25) is 4.79 Å². The summed E-state index contributed by atoms with van der Waals surface area (Å²) in [6.45, 7) is 1.66. The molecule has 0 radical (unpaired) electrons. The standard InChI is InChI=1S/C10H8N2OS/c1-7-9(13)10(14)12(11-7)8-5-3-2-4-6-8/h2-6H,1H3. The third kappa shape index (κ3) is 1.33. The fourth-order valence-electron chi connectivity index (χ4n) is 1.24. The van der Waals surface area contributed by atoms with E-state index in [1.165, 1.54) is 5.01 Å². The van der Waals surface area contributed by atoms with Crippen LogP contribution in [0.3, 0.4) is 0 Å². The van der Waals surface area contributed by atoms with Gasteiger partial charge in [0, 0.05) is 0 Å². The molecule has 3 nitrogen and oxygen atoms in total. The molecule has 1 heterocycles. The zero-order chi connectivity index (χ0) is 10.1. The molecule has 14 heavy (non-hydrogen) atoms. The molecule has 2 rings (SSSR count). The van der Waals surface area contributed by atoms with E-state index >= 15 is 0 Å². The second-order valence-corrected chi connectivity index (χ2v) is 3.35. The Labute approximate surface area is 87.0 Å². The molecule has 0 atom stereocenters. The van der Waals surface area contributed by atoms with Crippen LogP contribution in [0.4, 0.5) is 5.69 Å². The van der Waals surface area contributed by atoms with Crippen molar-refractivity contribution < 1.29 is 4.79 Å². The third-order valence-corrected chi connectivity index (χ3v) is 2.32. The van der Waals surface area contributed by atoms with E-state index in [-0.39, 0.29) is 10.8 Å². The van der Waals surface area contributed by atoms with Gasteiger partial charge in [-0.25, -0.2) is 5.01 Å². The maximum absolute atomic E-state index is 11.4. The van der Waals surface area contributed by atoms with Gasteiger partial charge in [0.15, 0.2) is 4.99 Å². The van der Waals surface area contributed by atoms with Gasteiger partial charge >= 0.3 is 0 Å². The van der Waals surface area contributed by atoms with E-state index in [0.29, 0.717) is 5.71 Å². The summed E-state index contributed by atoms with van der Waals surface area (Å²) in [6.07, 6.45) is 0. The zero-order valence-electron chi connectivity index (χ0n) is 7.60. The predicted molar refractivity (Wildman–Crippen MR) is 59.6 cm³/mol. The van der Waals surface area contributed by atoms with Gasteiger partial charge in [-0.15, -0.1) is 0 Å². The van der Waals surface area contributed by atoms with Crippen LogP contribution in [0.15, 0.2) is 35.4 Å². The maximum Gasteiger partial charge on any atom is 0.238 e. The molecule has 0 N–H and O–H groups in total. The molecule has 0 amide bonds. The van der Waals surface area contributed by atoms with Crippen LogP contribution in [-0.4, -0.2) is 16.5 Å². The number of benzene rings is 1. The van der Waals surface area contributed by atoms with Gasteiger partial charge in [0.1, 0.15) is 5.71 Å². The Kier molecular flexibility index (Phi) is 2.13. The number of hydrogen-bond donors (Lipinski definition) is 0. The first kappa shape index (κ1) is 9.02. The zero-order valence-corrected chi connectivity index (χ0v) is 8.41. The highest BCUT2D eigenvalue weighted by atomic mass is 32.1. The number of carbonyl (C=O) groups is 1. The summed E-state index contributed by atoms with van der Waals surface area (Å²) in [5.41, 5.74) is 1.27. The summed E-state index contributed by atoms with van der Waals surface area (Å²) in [7, 11) is 0. The molecule has 0 spiro atoms. The van der Waals surface area contributed by atoms with E-state index in [1.54, 1.807) is 6.92 Å². The number of para-hydroxylation sites is 1. The Morgan fingerprint density at radius 1 is 1.29 bits per heavy atom. The number of rotatable bonds is 1. The van der Waals surface area contributed by atoms with Crippen LogP contribution in [-0.2, 0) is 4.79 Å². The van der Waals surface area contributed by atoms with E-state index in [1.807, 2.05) is 30.3 Å². The SMILES string of the molecule is CC1=NN(c2ccccc2)C(=S)C1=O. The van der Waals surface area contributed by atoms with Crippen LogP contribution >= 0.6 is 12.2 Å². The van der Waals surface area contributed by atoms with Crippen molar-refractivity contribution in [3.05, 3.63) is 30.3 Å². The molecular weight excluding hydrogens is 196 g/mol. The van der Waals surface area contributed by atoms with E-state index in [9.17, 15) is 4.79 Å². The molecular formula is C10H8N2OS. The Morgan fingerprint density at radius 2 is 1.93 bits per heavy atom. The molecule has 0 aliphatic carbocycles. The molecule has 0 fully saturated rings. The minimum absolute atomic E-state index is 0.163. The highest BCUT2D eigenvalue weighted by molar-refractivity contribution is 7.82. The van der Waals surface area contributed by atoms with Crippen LogP contribution < -0.4 is 5.01 Å². The Balaban J connectivity index is 2.39. The minimum atomic E-state index is -0.163. The predicted octanol–water partition coefficient (Wildman–Crippen LogP) is 1.78. The maximum atomic E-state index is 11.4. The number of thiocarbonyl (C=S) groups is 1. The lowest BCUT2D eigenvalue weighted by atomic mass is 10.3. The summed E-state index contributed by atoms with van der Waals surface area (Å²) >= 11 is 4.98. The number of nitrogens with zero attached hydrogens (tertiary/aromatic N) is 2. The monoisotopic (exact) mass is 204 g/mol. The molecule has 0 unspecified atom stereocenters. The first-order valence-electron chi connectivity index (χ1n) is 4.19. The number of carbonyl (C=O) groups excluding carboxylic acids is 1. The first-order valence-corrected chi connectivity index (χ1v) is 4.60. The van der Waals surface area contributed by atoms with Gasteiger partial charge in [0.25, 0.3) is 0 Å². The normalized spacial score (nSPS) is 16.1. The topological polar surface area (TPSA) is 32.7 Å². The van der Waals surface area contributed by atoms with Crippen LogP contribution in [0.25, 0.3) is 0 Å². The van der Waals surface area contributed by atoms with E-state index in [0.717, 1.165) is 5.69 Å². The largest absolute Gasteiger partial charge is 0.284 e. The van der Waals surface area contributed by atoms with Gasteiger partial charge < -0.3 is 0 Å². The lowest BCUT2D eigenvalue weighted by Gasteiger charge is -2.11. The highest BCUT2D eigenvalue weighted by Crippen LogP contribution is 2.18. The molecule has 0 aromatic heterocycles. The van der Waals surface area contributed by atoms with Gasteiger partial charge in [-0.05, 0) is 19.1 Å². The van der Waals surface area contributed by atoms with Crippen molar-refractivity contribution in [1.82, 2.24) is 0 Å². The number of anilines is 1. The van der Waals surface area contributed by atoms with E-state index in [4.69, 9.17) is 12.2 Å². The third-order valence-electron chi connectivity index (χ3n) is 1.97. The van der Waals surface area contributed by atoms with Gasteiger partial charge in [0.2, 0.25) is 5.78 Å². The first-order chi connectivity index (χ1) is 6.70. The van der Waals surface area contributed by atoms with Gasteiger partial charge in [0.05, 0.1) is 5.69 Å². The smallest absolute Gasteiger partial charge is 0.238 e. The van der Waals surface area contributed by atoms with Crippen molar-refractivity contribution in [2.75, 3.05) is 5.01 Å². The van der Waals surface area contributed by atoms with Crippen molar-refractivity contribution in [2.45, 2.75) is 6.92 Å². The number of ketones is 1. The average molecular weight is 204 g/mol. The highest BCUT2D eigenvalue weighted by Gasteiger charge is 2.27. The van der Waals surface area contributed by atoms with E-state index in [2.05, 4.69) is 5.10 Å². The lowest BCUT2D eigenvalue weighted by Crippen LogP contribution is -2.24. The summed E-state index contributed by atoms with van der Waals surface area (Å²) in [5, 5.41) is 5.57. The number of Topliss-reactive ketones (excluding diaryl/α,β-unsaturated/α-hetero) is 1. The fraction of sp³-hybridized carbons (Fsp3) is 0.100. The second-order valence-electron chi connectivity index (χ2n) is 2.97. The van der Waals surface area contributed by atoms with Crippen LogP contribution in [0.5, 0.6) is 0 Å². The van der Waals surface area contributed by atoms with Crippen molar-refractivity contribution in [3.63, 3.8) is 0 Å². The summed E-state index contributed by atoms with van der Waals surface area (Å²) in [5.74, 6) is -0.163. The molecule has 0 saturated heterocycles. The molecule has 1 aliphatic rings. The van der Waals surface area contributed by atoms with Crippen LogP contribution in [0.1, 0.15) is 6.92 Å². The Bertz CT molecular complexity index is 425. The van der Waals surface area contributed by atoms with Crippen molar-refractivity contribution in [2.24, 2.45) is 5.10 Å². The number of hydrazone groups is 1. The minimum Gasteiger partial charge on any atom is -0.284 e. The van der Waals surface area contributed by atoms with Crippen molar-refractivity contribution in [3.8, 4) is 0 Å². The van der Waals surface area contributed by atoms with Crippen molar-refractivity contribution in [1.29, 1.82) is 0 Å².